The maximum atomic E-state index is 11.5. The Kier molecular flexibility index (Phi) is 5.55. The van der Waals surface area contributed by atoms with Crippen molar-refractivity contribution in [3.63, 3.8) is 0 Å². The summed E-state index contributed by atoms with van der Waals surface area (Å²) in [5.41, 5.74) is 2.60. The van der Waals surface area contributed by atoms with Gasteiger partial charge in [-0.05, 0) is 42.8 Å². The number of hydrogen-bond donors (Lipinski definition) is 2. The first kappa shape index (κ1) is 19.1. The number of aliphatic hydroxyl groups excluding tert-OH is 1. The van der Waals surface area contributed by atoms with Gasteiger partial charge in [-0.1, -0.05) is 23.9 Å². The average Bonchev–Trinajstić information content (AvgIpc) is 2.76. The van der Waals surface area contributed by atoms with Crippen LogP contribution in [-0.4, -0.2) is 32.6 Å². The molecule has 29 heavy (non-hydrogen) atoms. The Hall–Kier alpha value is -3.23. The Morgan fingerprint density at radius 1 is 1.28 bits per heavy atom. The monoisotopic (exact) mass is 406 g/mol. The Labute approximate surface area is 171 Å². The lowest BCUT2D eigenvalue weighted by Gasteiger charge is -2.20. The summed E-state index contributed by atoms with van der Waals surface area (Å²) in [7, 11) is 0. The molecule has 1 aliphatic heterocycles. The molecule has 0 bridgehead atoms. The van der Waals surface area contributed by atoms with Crippen LogP contribution in [0.5, 0.6) is 0 Å². The summed E-state index contributed by atoms with van der Waals surface area (Å²) < 4.78 is 4.87. The minimum absolute atomic E-state index is 0.316. The summed E-state index contributed by atoms with van der Waals surface area (Å²) in [6, 6.07) is 11.0. The topological polar surface area (TPSA) is 97.2 Å². The van der Waals surface area contributed by atoms with Crippen LogP contribution in [0.15, 0.2) is 64.8 Å². The van der Waals surface area contributed by atoms with Crippen molar-refractivity contribution < 1.29 is 14.6 Å². The highest BCUT2D eigenvalue weighted by molar-refractivity contribution is 7.99. The van der Waals surface area contributed by atoms with Gasteiger partial charge in [-0.15, -0.1) is 0 Å². The summed E-state index contributed by atoms with van der Waals surface area (Å²) in [4.78, 5) is 25.5. The first-order valence-corrected chi connectivity index (χ1v) is 9.85. The van der Waals surface area contributed by atoms with Gasteiger partial charge >= 0.3 is 5.97 Å². The summed E-state index contributed by atoms with van der Waals surface area (Å²) in [6.07, 6.45) is 5.27. The highest BCUT2D eigenvalue weighted by atomic mass is 32.2. The highest BCUT2D eigenvalue weighted by Gasteiger charge is 2.20. The zero-order chi connectivity index (χ0) is 20.2. The van der Waals surface area contributed by atoms with E-state index in [2.05, 4.69) is 20.3 Å². The van der Waals surface area contributed by atoms with Gasteiger partial charge in [0, 0.05) is 23.4 Å². The molecule has 7 nitrogen and oxygen atoms in total. The van der Waals surface area contributed by atoms with E-state index in [-0.39, 0.29) is 0 Å². The number of aliphatic hydroxyl groups is 1. The van der Waals surface area contributed by atoms with Crippen LogP contribution in [0.4, 0.5) is 11.5 Å². The van der Waals surface area contributed by atoms with Gasteiger partial charge in [0.15, 0.2) is 5.82 Å². The van der Waals surface area contributed by atoms with Crippen molar-refractivity contribution in [2.75, 3.05) is 11.9 Å². The molecule has 3 heterocycles. The molecule has 0 aliphatic carbocycles. The van der Waals surface area contributed by atoms with Gasteiger partial charge in [0.2, 0.25) is 0 Å². The second kappa shape index (κ2) is 8.42. The van der Waals surface area contributed by atoms with E-state index in [0.717, 1.165) is 15.6 Å². The fourth-order valence-corrected chi connectivity index (χ4v) is 3.73. The Balaban J connectivity index is 1.56. The number of carbonyl (C=O) groups excluding carboxylic acids is 1. The molecule has 0 saturated heterocycles. The zero-order valence-electron chi connectivity index (χ0n) is 15.6. The van der Waals surface area contributed by atoms with Crippen molar-refractivity contribution in [1.29, 1.82) is 0 Å². The van der Waals surface area contributed by atoms with E-state index in [1.54, 1.807) is 43.6 Å². The van der Waals surface area contributed by atoms with Gasteiger partial charge in [-0.3, -0.25) is 4.98 Å². The zero-order valence-corrected chi connectivity index (χ0v) is 16.4. The Bertz CT molecular complexity index is 1090. The van der Waals surface area contributed by atoms with E-state index in [0.29, 0.717) is 29.4 Å². The molecule has 1 aliphatic rings. The second-order valence-electron chi connectivity index (χ2n) is 6.17. The number of benzene rings is 1. The third-order valence-corrected chi connectivity index (χ3v) is 5.26. The van der Waals surface area contributed by atoms with Crippen molar-refractivity contribution in [2.24, 2.45) is 0 Å². The predicted molar refractivity (Wildman–Crippen MR) is 110 cm³/mol. The van der Waals surface area contributed by atoms with Crippen LogP contribution in [0.1, 0.15) is 30.0 Å². The van der Waals surface area contributed by atoms with Crippen molar-refractivity contribution in [3.05, 3.63) is 71.8 Å². The van der Waals surface area contributed by atoms with Crippen LogP contribution in [0.3, 0.4) is 0 Å². The van der Waals surface area contributed by atoms with Gasteiger partial charge in [0.25, 0.3) is 0 Å². The van der Waals surface area contributed by atoms with Crippen LogP contribution >= 0.6 is 11.8 Å². The largest absolute Gasteiger partial charge is 0.463 e. The summed E-state index contributed by atoms with van der Waals surface area (Å²) in [5.74, 6) is 0.266. The van der Waals surface area contributed by atoms with Crippen LogP contribution < -0.4 is 5.32 Å². The molecule has 1 atom stereocenters. The van der Waals surface area contributed by atoms with Crippen molar-refractivity contribution in [2.45, 2.75) is 22.9 Å². The lowest BCUT2D eigenvalue weighted by Crippen LogP contribution is -2.07. The summed E-state index contributed by atoms with van der Waals surface area (Å²) >= 11 is 1.53. The molecule has 0 saturated carbocycles. The molecule has 8 heteroatoms. The fraction of sp³-hybridized carbons (Fsp3) is 0.143. The van der Waals surface area contributed by atoms with Crippen LogP contribution in [0.25, 0.3) is 6.08 Å². The number of nitrogens with one attached hydrogen (secondary N) is 1. The number of esters is 1. The minimum Gasteiger partial charge on any atom is -0.463 e. The molecule has 1 aromatic carbocycles. The summed E-state index contributed by atoms with van der Waals surface area (Å²) in [6.45, 7) is 2.06. The Morgan fingerprint density at radius 2 is 2.14 bits per heavy atom. The number of anilines is 2. The predicted octanol–water partition coefficient (Wildman–Crippen LogP) is 3.74. The average molecular weight is 406 g/mol. The number of pyridine rings is 1. The normalized spacial score (nSPS) is 13.3. The van der Waals surface area contributed by atoms with Crippen molar-refractivity contribution in [1.82, 2.24) is 15.0 Å². The van der Waals surface area contributed by atoms with Crippen molar-refractivity contribution >= 4 is 35.3 Å². The number of rotatable bonds is 5. The molecular weight excluding hydrogens is 388 g/mol. The van der Waals surface area contributed by atoms with E-state index >= 15 is 0 Å². The molecule has 2 aromatic heterocycles. The molecule has 4 rings (SSSR count). The lowest BCUT2D eigenvalue weighted by atomic mass is 10.0. The van der Waals surface area contributed by atoms with E-state index in [9.17, 15) is 9.90 Å². The summed E-state index contributed by atoms with van der Waals surface area (Å²) in [5, 5.41) is 14.9. The van der Waals surface area contributed by atoms with Gasteiger partial charge in [0.05, 0.1) is 23.7 Å². The highest BCUT2D eigenvalue weighted by Crippen LogP contribution is 2.42. The van der Waals surface area contributed by atoms with E-state index in [1.807, 2.05) is 18.2 Å². The van der Waals surface area contributed by atoms with Gasteiger partial charge in [-0.2, -0.15) is 0 Å². The molecular formula is C21H18N4O3S. The van der Waals surface area contributed by atoms with Crippen LogP contribution in [0, 0.1) is 0 Å². The maximum Gasteiger partial charge on any atom is 0.330 e. The molecule has 2 N–H and O–H groups in total. The number of nitrogens with zero attached hydrogens (tertiary/aromatic N) is 3. The van der Waals surface area contributed by atoms with Gasteiger partial charge in [0.1, 0.15) is 11.1 Å². The lowest BCUT2D eigenvalue weighted by molar-refractivity contribution is -0.137. The first-order valence-electron chi connectivity index (χ1n) is 9.03. The molecule has 0 fully saturated rings. The van der Waals surface area contributed by atoms with Crippen LogP contribution in [0.2, 0.25) is 0 Å². The smallest absolute Gasteiger partial charge is 0.330 e. The quantitative estimate of drug-likeness (QED) is 0.382. The number of aromatic nitrogens is 3. The molecule has 0 radical (unpaired) electrons. The van der Waals surface area contributed by atoms with Crippen LogP contribution in [-0.2, 0) is 9.53 Å². The third-order valence-electron chi connectivity index (χ3n) is 4.19. The fourth-order valence-electron chi connectivity index (χ4n) is 2.85. The molecule has 0 amide bonds. The molecule has 1 unspecified atom stereocenters. The maximum absolute atomic E-state index is 11.5. The minimum atomic E-state index is -0.911. The number of fused-ring (bicyclic) bond motifs is 2. The molecule has 0 spiro atoms. The van der Waals surface area contributed by atoms with E-state index in [4.69, 9.17) is 4.74 Å². The first-order chi connectivity index (χ1) is 14.1. The third kappa shape index (κ3) is 4.28. The number of carbonyl (C=O) groups is 1. The van der Waals surface area contributed by atoms with E-state index < -0.39 is 12.1 Å². The van der Waals surface area contributed by atoms with Gasteiger partial charge in [-0.25, -0.2) is 14.8 Å². The Morgan fingerprint density at radius 3 is 3.00 bits per heavy atom. The van der Waals surface area contributed by atoms with Crippen molar-refractivity contribution in [3.8, 4) is 0 Å². The SMILES string of the molecule is CCOC(=O)/C=C/c1cccc(C(O)c2ccc3c(c2)Nc2nccnc2S3)n1. The number of hydrogen-bond acceptors (Lipinski definition) is 8. The van der Waals surface area contributed by atoms with Gasteiger partial charge < -0.3 is 15.2 Å². The number of ether oxygens (including phenoxy) is 1. The van der Waals surface area contributed by atoms with E-state index in [1.165, 1.54) is 17.8 Å². The molecule has 146 valence electrons. The standard InChI is InChI=1S/C21H18N4O3S/c1-2-28-18(26)9-7-14-4-3-5-15(24-14)19(27)13-6-8-17-16(12-13)25-20-21(29-17)23-11-10-22-20/h3-12,19,27H,2H2,1H3,(H,22,25)/b9-7+. The molecule has 3 aromatic rings. The second-order valence-corrected chi connectivity index (χ2v) is 7.20.